The molecule has 1 heterocycles. The maximum Gasteiger partial charge on any atom is 0.252 e. The largest absolute Gasteiger partial charge is 0.323 e. The van der Waals surface area contributed by atoms with Crippen LogP contribution in [0.1, 0.15) is 71.1 Å². The summed E-state index contributed by atoms with van der Waals surface area (Å²) in [6.07, 6.45) is 17.8. The third-order valence-electron chi connectivity index (χ3n) is 3.70. The lowest BCUT2D eigenvalue weighted by molar-refractivity contribution is -0.733. The lowest BCUT2D eigenvalue weighted by Crippen LogP contribution is -2.34. The Bertz CT molecular complexity index is 357. The molecule has 0 aliphatic heterocycles. The maximum atomic E-state index is 5.69. The molecule has 1 aromatic heterocycles. The van der Waals surface area contributed by atoms with Gasteiger partial charge in [-0.3, -0.25) is 0 Å². The smallest absolute Gasteiger partial charge is 0.252 e. The average Bonchev–Trinajstić information content (AvgIpc) is 2.48. The fraction of sp³-hybridized carbons (Fsp3) is 0.722. The van der Waals surface area contributed by atoms with Gasteiger partial charge >= 0.3 is 0 Å². The molecule has 1 rings (SSSR count). The van der Waals surface area contributed by atoms with Gasteiger partial charge in [0.2, 0.25) is 0 Å². The normalized spacial score (nSPS) is 11.0. The predicted molar refractivity (Wildman–Crippen MR) is 92.1 cm³/mol. The van der Waals surface area contributed by atoms with Crippen molar-refractivity contribution in [1.29, 1.82) is 0 Å². The summed E-state index contributed by atoms with van der Waals surface area (Å²) in [5, 5.41) is 0. The second kappa shape index (κ2) is 13.3. The van der Waals surface area contributed by atoms with Crippen LogP contribution in [0.2, 0.25) is 0 Å². The van der Waals surface area contributed by atoms with Crippen molar-refractivity contribution in [3.05, 3.63) is 29.0 Å². The molecule has 120 valence electrons. The molecule has 0 aromatic carbocycles. The van der Waals surface area contributed by atoms with Crippen LogP contribution in [0, 0.1) is 0 Å². The minimum atomic E-state index is 0.650. The van der Waals surface area contributed by atoms with E-state index in [-0.39, 0.29) is 0 Å². The highest BCUT2D eigenvalue weighted by Gasteiger charge is 2.00. The molecule has 0 N–H and O–H groups in total. The van der Waals surface area contributed by atoms with Gasteiger partial charge in [0.25, 0.3) is 6.73 Å². The summed E-state index contributed by atoms with van der Waals surface area (Å²) in [6.45, 7) is 3.80. The van der Waals surface area contributed by atoms with E-state index in [1.807, 2.05) is 24.5 Å². The van der Waals surface area contributed by atoms with Crippen LogP contribution in [0.3, 0.4) is 0 Å². The van der Waals surface area contributed by atoms with E-state index in [2.05, 4.69) is 27.4 Å². The van der Waals surface area contributed by atoms with Gasteiger partial charge in [0, 0.05) is 6.07 Å². The first kappa shape index (κ1) is 18.6. The summed E-state index contributed by atoms with van der Waals surface area (Å²) < 4.78 is 8.84. The van der Waals surface area contributed by atoms with Crippen molar-refractivity contribution in [2.75, 3.05) is 6.61 Å². The van der Waals surface area contributed by atoms with Crippen molar-refractivity contribution in [2.24, 2.45) is 0 Å². The third-order valence-corrected chi connectivity index (χ3v) is 4.17. The SMILES string of the molecule is CCCCCCCCCCCCOC[n+]1cccc(Br)c1. The van der Waals surface area contributed by atoms with Crippen LogP contribution in [-0.2, 0) is 11.5 Å². The molecule has 21 heavy (non-hydrogen) atoms. The Labute approximate surface area is 139 Å². The summed E-state index contributed by atoms with van der Waals surface area (Å²) in [7, 11) is 0. The zero-order valence-corrected chi connectivity index (χ0v) is 15.1. The molecule has 0 saturated carbocycles. The Morgan fingerprint density at radius 3 is 2.19 bits per heavy atom. The van der Waals surface area contributed by atoms with E-state index in [4.69, 9.17) is 4.74 Å². The van der Waals surface area contributed by atoms with Crippen molar-refractivity contribution in [2.45, 2.75) is 77.9 Å². The van der Waals surface area contributed by atoms with Gasteiger partial charge in [-0.05, 0) is 28.4 Å². The van der Waals surface area contributed by atoms with E-state index in [0.717, 1.165) is 11.1 Å². The average molecular weight is 357 g/mol. The van der Waals surface area contributed by atoms with Gasteiger partial charge < -0.3 is 4.74 Å². The van der Waals surface area contributed by atoms with E-state index in [1.165, 1.54) is 64.2 Å². The Morgan fingerprint density at radius 1 is 0.952 bits per heavy atom. The molecule has 0 saturated heterocycles. The lowest BCUT2D eigenvalue weighted by Gasteiger charge is -2.03. The van der Waals surface area contributed by atoms with Crippen molar-refractivity contribution >= 4 is 15.9 Å². The summed E-state index contributed by atoms with van der Waals surface area (Å²) in [6, 6.07) is 4.05. The first-order valence-electron chi connectivity index (χ1n) is 8.55. The van der Waals surface area contributed by atoms with Gasteiger partial charge in [0.1, 0.15) is 0 Å². The molecule has 0 radical (unpaired) electrons. The van der Waals surface area contributed by atoms with Crippen molar-refractivity contribution in [3.8, 4) is 0 Å². The van der Waals surface area contributed by atoms with Gasteiger partial charge in [0.05, 0.1) is 11.1 Å². The van der Waals surface area contributed by atoms with E-state index in [1.54, 1.807) is 0 Å². The number of halogens is 1. The highest BCUT2D eigenvalue weighted by Crippen LogP contribution is 2.10. The number of unbranched alkanes of at least 4 members (excludes halogenated alkanes) is 9. The molecule has 0 atom stereocenters. The predicted octanol–water partition coefficient (Wildman–Crippen LogP) is 5.63. The minimum absolute atomic E-state index is 0.650. The molecule has 3 heteroatoms. The fourth-order valence-electron chi connectivity index (χ4n) is 2.43. The molecular weight excluding hydrogens is 326 g/mol. The first-order valence-corrected chi connectivity index (χ1v) is 9.34. The zero-order valence-electron chi connectivity index (χ0n) is 13.5. The lowest BCUT2D eigenvalue weighted by atomic mass is 10.1. The molecule has 0 unspecified atom stereocenters. The molecule has 1 aromatic rings. The third kappa shape index (κ3) is 10.9. The Balaban J connectivity index is 1.82. The highest BCUT2D eigenvalue weighted by molar-refractivity contribution is 9.10. The van der Waals surface area contributed by atoms with E-state index < -0.39 is 0 Å². The molecule has 2 nitrogen and oxygen atoms in total. The molecule has 0 aliphatic rings. The van der Waals surface area contributed by atoms with Crippen LogP contribution in [0.4, 0.5) is 0 Å². The zero-order chi connectivity index (χ0) is 15.2. The second-order valence-corrected chi connectivity index (χ2v) is 6.67. The number of nitrogens with zero attached hydrogens (tertiary/aromatic N) is 1. The molecule has 0 fully saturated rings. The van der Waals surface area contributed by atoms with Crippen LogP contribution >= 0.6 is 15.9 Å². The first-order chi connectivity index (χ1) is 10.3. The standard InChI is InChI=1S/C18H31BrNO/c1-2-3-4-5-6-7-8-9-10-11-15-21-17-20-14-12-13-18(19)16-20/h12-14,16H,2-11,15,17H2,1H3/q+1. The monoisotopic (exact) mass is 356 g/mol. The van der Waals surface area contributed by atoms with Crippen LogP contribution in [0.25, 0.3) is 0 Å². The van der Waals surface area contributed by atoms with Gasteiger partial charge in [-0.2, -0.15) is 4.57 Å². The Hall–Kier alpha value is -0.410. The number of hydrogen-bond acceptors (Lipinski definition) is 1. The molecule has 0 spiro atoms. The summed E-state index contributed by atoms with van der Waals surface area (Å²) in [4.78, 5) is 0. The highest BCUT2D eigenvalue weighted by atomic mass is 79.9. The van der Waals surface area contributed by atoms with Crippen LogP contribution in [-0.4, -0.2) is 6.61 Å². The van der Waals surface area contributed by atoms with Crippen molar-refractivity contribution in [3.63, 3.8) is 0 Å². The van der Waals surface area contributed by atoms with Crippen LogP contribution in [0.5, 0.6) is 0 Å². The number of ether oxygens (including phenoxy) is 1. The van der Waals surface area contributed by atoms with Gasteiger partial charge in [-0.1, -0.05) is 64.7 Å². The van der Waals surface area contributed by atoms with Crippen LogP contribution in [0.15, 0.2) is 29.0 Å². The van der Waals surface area contributed by atoms with Gasteiger partial charge in [0.15, 0.2) is 12.4 Å². The summed E-state index contributed by atoms with van der Waals surface area (Å²) in [5.41, 5.74) is 0. The van der Waals surface area contributed by atoms with Gasteiger partial charge in [-0.15, -0.1) is 0 Å². The number of rotatable bonds is 13. The fourth-order valence-corrected chi connectivity index (χ4v) is 2.85. The molecular formula is C18H31BrNO+. The van der Waals surface area contributed by atoms with Crippen molar-refractivity contribution in [1.82, 2.24) is 0 Å². The number of pyridine rings is 1. The summed E-state index contributed by atoms with van der Waals surface area (Å²) >= 11 is 3.46. The molecule has 0 bridgehead atoms. The van der Waals surface area contributed by atoms with Crippen molar-refractivity contribution < 1.29 is 9.30 Å². The quantitative estimate of drug-likeness (QED) is 0.329. The maximum absolute atomic E-state index is 5.69. The van der Waals surface area contributed by atoms with E-state index in [0.29, 0.717) is 6.73 Å². The topological polar surface area (TPSA) is 13.1 Å². The second-order valence-electron chi connectivity index (χ2n) is 5.76. The van der Waals surface area contributed by atoms with Crippen LogP contribution < -0.4 is 4.57 Å². The molecule has 0 amide bonds. The Morgan fingerprint density at radius 2 is 1.57 bits per heavy atom. The number of aromatic nitrogens is 1. The van der Waals surface area contributed by atoms with E-state index >= 15 is 0 Å². The Kier molecular flexibility index (Phi) is 11.8. The minimum Gasteiger partial charge on any atom is -0.323 e. The summed E-state index contributed by atoms with van der Waals surface area (Å²) in [5.74, 6) is 0. The van der Waals surface area contributed by atoms with E-state index in [9.17, 15) is 0 Å². The molecule has 0 aliphatic carbocycles. The number of hydrogen-bond donors (Lipinski definition) is 0. The van der Waals surface area contributed by atoms with Gasteiger partial charge in [-0.25, -0.2) is 0 Å².